The zero-order valence-corrected chi connectivity index (χ0v) is 18.5. The third kappa shape index (κ3) is 3.78. The van der Waals surface area contributed by atoms with Gasteiger partial charge in [-0.1, -0.05) is 30.3 Å². The van der Waals surface area contributed by atoms with E-state index >= 15 is 0 Å². The normalized spacial score (nSPS) is 20.6. The van der Waals surface area contributed by atoms with Crippen LogP contribution in [0.25, 0.3) is 0 Å². The lowest BCUT2D eigenvalue weighted by atomic mass is 9.73. The van der Waals surface area contributed by atoms with Crippen LogP contribution in [0, 0.1) is 0 Å². The number of Topliss-reactive ketones (excluding diaryl/α,β-unsaturated/α-hetero) is 1. The summed E-state index contributed by atoms with van der Waals surface area (Å²) in [5, 5.41) is 8.46. The molecule has 0 spiro atoms. The SMILES string of the molecule is CC1=C(C(=O)Nc2ccccc2)C(c2cccnc2)C2=C(CC(c3cccs3)CC2=O)N1. The highest BCUT2D eigenvalue weighted by Crippen LogP contribution is 2.46. The highest BCUT2D eigenvalue weighted by molar-refractivity contribution is 7.10. The molecule has 32 heavy (non-hydrogen) atoms. The van der Waals surface area contributed by atoms with Crippen LogP contribution < -0.4 is 10.6 Å². The second-order valence-corrected chi connectivity index (χ2v) is 9.12. The number of amides is 1. The molecule has 1 aliphatic carbocycles. The van der Waals surface area contributed by atoms with E-state index in [4.69, 9.17) is 0 Å². The molecule has 2 N–H and O–H groups in total. The molecule has 2 atom stereocenters. The largest absolute Gasteiger partial charge is 0.362 e. The standard InChI is InChI=1S/C26H23N3O2S/c1-16-23(26(31)29-19-8-3-2-4-9-19)24(17-7-5-11-27-15-17)25-20(28-16)13-18(14-21(25)30)22-10-6-12-32-22/h2-12,15,18,24,28H,13-14H2,1H3,(H,29,31). The summed E-state index contributed by atoms with van der Waals surface area (Å²) in [5.74, 6) is -0.408. The van der Waals surface area contributed by atoms with E-state index in [1.807, 2.05) is 60.8 Å². The first-order valence-electron chi connectivity index (χ1n) is 10.7. The van der Waals surface area contributed by atoms with Gasteiger partial charge in [-0.3, -0.25) is 14.6 Å². The molecule has 0 saturated carbocycles. The first kappa shape index (κ1) is 20.4. The van der Waals surface area contributed by atoms with Crippen molar-refractivity contribution in [2.24, 2.45) is 0 Å². The van der Waals surface area contributed by atoms with Gasteiger partial charge in [-0.2, -0.15) is 0 Å². The number of nitrogens with one attached hydrogen (secondary N) is 2. The Labute approximate surface area is 190 Å². The average Bonchev–Trinajstić information content (AvgIpc) is 3.34. The van der Waals surface area contributed by atoms with E-state index in [0.717, 1.165) is 29.1 Å². The molecular formula is C26H23N3O2S. The lowest BCUT2D eigenvalue weighted by Gasteiger charge is -2.36. The first-order chi connectivity index (χ1) is 15.6. The number of allylic oxidation sites excluding steroid dienone is 3. The summed E-state index contributed by atoms with van der Waals surface area (Å²) in [7, 11) is 0. The fraction of sp³-hybridized carbons (Fsp3) is 0.192. The number of ketones is 1. The van der Waals surface area contributed by atoms with Crippen LogP contribution in [0.5, 0.6) is 0 Å². The lowest BCUT2D eigenvalue weighted by molar-refractivity contribution is -0.116. The summed E-state index contributed by atoms with van der Waals surface area (Å²) >= 11 is 1.69. The van der Waals surface area contributed by atoms with Crippen LogP contribution in [0.1, 0.15) is 42.0 Å². The van der Waals surface area contributed by atoms with Gasteiger partial charge in [-0.05, 0) is 48.6 Å². The third-order valence-electron chi connectivity index (χ3n) is 6.07. The van der Waals surface area contributed by atoms with Crippen LogP contribution in [0.3, 0.4) is 0 Å². The molecule has 2 unspecified atom stereocenters. The highest BCUT2D eigenvalue weighted by Gasteiger charge is 2.41. The van der Waals surface area contributed by atoms with Crippen molar-refractivity contribution in [1.82, 2.24) is 10.3 Å². The monoisotopic (exact) mass is 441 g/mol. The van der Waals surface area contributed by atoms with Crippen molar-refractivity contribution in [3.05, 3.63) is 105 Å². The average molecular weight is 442 g/mol. The van der Waals surface area contributed by atoms with Crippen molar-refractivity contribution in [3.63, 3.8) is 0 Å². The number of thiophene rings is 1. The van der Waals surface area contributed by atoms with Crippen molar-refractivity contribution in [3.8, 4) is 0 Å². The minimum Gasteiger partial charge on any atom is -0.362 e. The Hall–Kier alpha value is -3.51. The maximum Gasteiger partial charge on any atom is 0.254 e. The molecule has 5 rings (SSSR count). The van der Waals surface area contributed by atoms with Gasteiger partial charge < -0.3 is 10.6 Å². The number of hydrogen-bond acceptors (Lipinski definition) is 5. The second kappa shape index (κ2) is 8.55. The molecule has 2 aliphatic rings. The van der Waals surface area contributed by atoms with Crippen LogP contribution in [-0.4, -0.2) is 16.7 Å². The highest BCUT2D eigenvalue weighted by atomic mass is 32.1. The van der Waals surface area contributed by atoms with Crippen molar-refractivity contribution in [1.29, 1.82) is 0 Å². The molecule has 160 valence electrons. The van der Waals surface area contributed by atoms with Crippen molar-refractivity contribution >= 4 is 28.7 Å². The van der Waals surface area contributed by atoms with E-state index in [-0.39, 0.29) is 17.6 Å². The second-order valence-electron chi connectivity index (χ2n) is 8.14. The van der Waals surface area contributed by atoms with Gasteiger partial charge in [0, 0.05) is 63.8 Å². The predicted octanol–water partition coefficient (Wildman–Crippen LogP) is 5.14. The molecule has 0 radical (unpaired) electrons. The van der Waals surface area contributed by atoms with Crippen LogP contribution in [0.15, 0.2) is 94.9 Å². The number of carbonyl (C=O) groups excluding carboxylic acids is 2. The van der Waals surface area contributed by atoms with Gasteiger partial charge in [0.2, 0.25) is 0 Å². The van der Waals surface area contributed by atoms with Gasteiger partial charge in [0.1, 0.15) is 0 Å². The molecule has 0 saturated heterocycles. The van der Waals surface area contributed by atoms with Gasteiger partial charge in [0.15, 0.2) is 5.78 Å². The zero-order valence-electron chi connectivity index (χ0n) is 17.7. The lowest BCUT2D eigenvalue weighted by Crippen LogP contribution is -2.37. The van der Waals surface area contributed by atoms with Crippen LogP contribution in [0.4, 0.5) is 5.69 Å². The van der Waals surface area contributed by atoms with Gasteiger partial charge in [-0.15, -0.1) is 11.3 Å². The van der Waals surface area contributed by atoms with Gasteiger partial charge in [0.25, 0.3) is 5.91 Å². The van der Waals surface area contributed by atoms with E-state index in [1.54, 1.807) is 23.7 Å². The van der Waals surface area contributed by atoms with Gasteiger partial charge in [-0.25, -0.2) is 0 Å². The summed E-state index contributed by atoms with van der Waals surface area (Å²) in [4.78, 5) is 32.4. The third-order valence-corrected chi connectivity index (χ3v) is 7.10. The van der Waals surface area contributed by atoms with Crippen LogP contribution in [0.2, 0.25) is 0 Å². The summed E-state index contributed by atoms with van der Waals surface area (Å²) in [6.45, 7) is 1.91. The molecule has 6 heteroatoms. The van der Waals surface area contributed by atoms with Gasteiger partial charge >= 0.3 is 0 Å². The number of anilines is 1. The number of para-hydroxylation sites is 1. The molecule has 2 aromatic heterocycles. The van der Waals surface area contributed by atoms with Crippen molar-refractivity contribution in [2.45, 2.75) is 31.6 Å². The summed E-state index contributed by atoms with van der Waals surface area (Å²) in [6.07, 6.45) is 4.66. The molecule has 5 nitrogen and oxygen atoms in total. The minimum absolute atomic E-state index is 0.0866. The Morgan fingerprint density at radius 2 is 1.94 bits per heavy atom. The van der Waals surface area contributed by atoms with E-state index in [9.17, 15) is 9.59 Å². The topological polar surface area (TPSA) is 71.1 Å². The zero-order chi connectivity index (χ0) is 22.1. The summed E-state index contributed by atoms with van der Waals surface area (Å²) in [6, 6.07) is 17.3. The van der Waals surface area contributed by atoms with Crippen molar-refractivity contribution < 1.29 is 9.59 Å². The first-order valence-corrected chi connectivity index (χ1v) is 11.5. The number of nitrogens with zero attached hydrogens (tertiary/aromatic N) is 1. The number of hydrogen-bond donors (Lipinski definition) is 2. The molecule has 0 fully saturated rings. The Balaban J connectivity index is 1.56. The maximum absolute atomic E-state index is 13.5. The molecule has 1 aliphatic heterocycles. The Kier molecular flexibility index (Phi) is 5.45. The quantitative estimate of drug-likeness (QED) is 0.588. The molecule has 1 aromatic carbocycles. The molecule has 1 amide bonds. The number of carbonyl (C=O) groups is 2. The fourth-order valence-corrected chi connectivity index (χ4v) is 5.50. The summed E-state index contributed by atoms with van der Waals surface area (Å²) in [5.41, 5.74) is 4.50. The predicted molar refractivity (Wildman–Crippen MR) is 126 cm³/mol. The maximum atomic E-state index is 13.5. The Morgan fingerprint density at radius 1 is 1.09 bits per heavy atom. The number of benzene rings is 1. The van der Waals surface area contributed by atoms with Crippen LogP contribution >= 0.6 is 11.3 Å². The minimum atomic E-state index is -0.444. The Morgan fingerprint density at radius 3 is 2.66 bits per heavy atom. The molecular weight excluding hydrogens is 418 g/mol. The smallest absolute Gasteiger partial charge is 0.254 e. The van der Waals surface area contributed by atoms with E-state index in [0.29, 0.717) is 17.6 Å². The molecule has 3 heterocycles. The number of aromatic nitrogens is 1. The summed E-state index contributed by atoms with van der Waals surface area (Å²) < 4.78 is 0. The Bertz CT molecular complexity index is 1210. The molecule has 3 aromatic rings. The number of pyridine rings is 1. The van der Waals surface area contributed by atoms with Gasteiger partial charge in [0.05, 0.1) is 0 Å². The van der Waals surface area contributed by atoms with Crippen LogP contribution in [-0.2, 0) is 9.59 Å². The number of rotatable bonds is 4. The van der Waals surface area contributed by atoms with E-state index < -0.39 is 5.92 Å². The van der Waals surface area contributed by atoms with E-state index in [2.05, 4.69) is 21.7 Å². The van der Waals surface area contributed by atoms with E-state index in [1.165, 1.54) is 4.88 Å². The molecule has 0 bridgehead atoms. The number of dihydropyridines is 1. The fourth-order valence-electron chi connectivity index (χ4n) is 4.66. The van der Waals surface area contributed by atoms with Crippen molar-refractivity contribution in [2.75, 3.05) is 5.32 Å².